The van der Waals surface area contributed by atoms with Gasteiger partial charge in [-0.25, -0.2) is 8.42 Å². The number of amides is 1. The normalized spacial score (nSPS) is 13.6. The molecule has 0 aromatic heterocycles. The minimum Gasteiger partial charge on any atom is -0.322 e. The summed E-state index contributed by atoms with van der Waals surface area (Å²) in [5.41, 5.74) is 2.68. The molecule has 3 aromatic carbocycles. The van der Waals surface area contributed by atoms with Crippen LogP contribution in [0, 0.1) is 0 Å². The topological polar surface area (TPSA) is 66.5 Å². The van der Waals surface area contributed by atoms with E-state index in [9.17, 15) is 13.2 Å². The lowest BCUT2D eigenvalue weighted by molar-refractivity contribution is 0.102. The maximum Gasteiger partial charge on any atom is 0.264 e. The monoisotopic (exact) mass is 426 g/mol. The van der Waals surface area contributed by atoms with Crippen molar-refractivity contribution in [1.29, 1.82) is 0 Å². The number of fused-ring (bicyclic) bond motifs is 1. The summed E-state index contributed by atoms with van der Waals surface area (Å²) >= 11 is 5.87. The lowest BCUT2D eigenvalue weighted by Gasteiger charge is -2.30. The molecule has 0 saturated carbocycles. The Morgan fingerprint density at radius 2 is 1.69 bits per heavy atom. The molecular formula is C22H19ClN2O3S. The van der Waals surface area contributed by atoms with Crippen molar-refractivity contribution in [2.24, 2.45) is 0 Å². The van der Waals surface area contributed by atoms with Crippen LogP contribution in [0.1, 0.15) is 22.3 Å². The third-order valence-electron chi connectivity index (χ3n) is 4.85. The quantitative estimate of drug-likeness (QED) is 0.655. The van der Waals surface area contributed by atoms with Crippen LogP contribution in [0.5, 0.6) is 0 Å². The minimum atomic E-state index is -3.62. The lowest BCUT2D eigenvalue weighted by atomic mass is 10.0. The van der Waals surface area contributed by atoms with Crippen LogP contribution in [-0.4, -0.2) is 20.9 Å². The number of carbonyl (C=O) groups is 1. The molecule has 0 spiro atoms. The van der Waals surface area contributed by atoms with E-state index in [1.807, 2.05) is 6.07 Å². The predicted molar refractivity (Wildman–Crippen MR) is 115 cm³/mol. The van der Waals surface area contributed by atoms with Gasteiger partial charge in [0.1, 0.15) is 0 Å². The van der Waals surface area contributed by atoms with Crippen LogP contribution in [0.15, 0.2) is 77.7 Å². The molecule has 3 aromatic rings. The van der Waals surface area contributed by atoms with Crippen molar-refractivity contribution in [3.63, 3.8) is 0 Å². The maximum absolute atomic E-state index is 13.1. The van der Waals surface area contributed by atoms with Crippen molar-refractivity contribution in [2.45, 2.75) is 17.7 Å². The number of benzene rings is 3. The molecular weight excluding hydrogens is 408 g/mol. The smallest absolute Gasteiger partial charge is 0.264 e. The Kier molecular flexibility index (Phi) is 5.30. The molecule has 1 heterocycles. The van der Waals surface area contributed by atoms with E-state index in [0.29, 0.717) is 34.9 Å². The van der Waals surface area contributed by atoms with E-state index < -0.39 is 10.0 Å². The molecule has 0 atom stereocenters. The number of nitrogens with one attached hydrogen (secondary N) is 1. The molecule has 0 radical (unpaired) electrons. The highest BCUT2D eigenvalue weighted by Crippen LogP contribution is 2.33. The zero-order valence-electron chi connectivity index (χ0n) is 15.5. The van der Waals surface area contributed by atoms with Gasteiger partial charge >= 0.3 is 0 Å². The van der Waals surface area contributed by atoms with Crippen LogP contribution >= 0.6 is 11.6 Å². The Balaban J connectivity index is 1.60. The SMILES string of the molecule is O=C(Nc1ccc2c(c1)CCCN2S(=O)(=O)c1ccccc1)c1ccc(Cl)cc1. The summed E-state index contributed by atoms with van der Waals surface area (Å²) in [7, 11) is -3.62. The molecule has 0 aliphatic carbocycles. The number of sulfonamides is 1. The molecule has 29 heavy (non-hydrogen) atoms. The van der Waals surface area contributed by atoms with Crippen LogP contribution in [-0.2, 0) is 16.4 Å². The highest BCUT2D eigenvalue weighted by Gasteiger charge is 2.29. The number of hydrogen-bond donors (Lipinski definition) is 1. The Hall–Kier alpha value is -2.83. The summed E-state index contributed by atoms with van der Waals surface area (Å²) in [6, 6.07) is 20.4. The van der Waals surface area contributed by atoms with Crippen molar-refractivity contribution in [3.05, 3.63) is 88.9 Å². The van der Waals surface area contributed by atoms with Gasteiger partial charge in [-0.1, -0.05) is 29.8 Å². The number of nitrogens with zero attached hydrogens (tertiary/aromatic N) is 1. The second kappa shape index (κ2) is 7.89. The second-order valence-electron chi connectivity index (χ2n) is 6.80. The Morgan fingerprint density at radius 3 is 2.41 bits per heavy atom. The fraction of sp³-hybridized carbons (Fsp3) is 0.136. The first-order valence-corrected chi connectivity index (χ1v) is 11.0. The average molecular weight is 427 g/mol. The summed E-state index contributed by atoms with van der Waals surface area (Å²) < 4.78 is 27.6. The molecule has 0 saturated heterocycles. The zero-order chi connectivity index (χ0) is 20.4. The molecule has 1 amide bonds. The largest absolute Gasteiger partial charge is 0.322 e. The molecule has 0 bridgehead atoms. The van der Waals surface area contributed by atoms with Gasteiger partial charge in [0.25, 0.3) is 15.9 Å². The van der Waals surface area contributed by atoms with E-state index in [1.165, 1.54) is 4.31 Å². The Morgan fingerprint density at radius 1 is 0.966 bits per heavy atom. The van der Waals surface area contributed by atoms with Crippen molar-refractivity contribution >= 4 is 38.9 Å². The van der Waals surface area contributed by atoms with Gasteiger partial charge in [-0.2, -0.15) is 0 Å². The number of aryl methyl sites for hydroxylation is 1. The van der Waals surface area contributed by atoms with Gasteiger partial charge in [0.05, 0.1) is 10.6 Å². The third-order valence-corrected chi connectivity index (χ3v) is 6.93. The molecule has 1 aliphatic rings. The van der Waals surface area contributed by atoms with E-state index in [4.69, 9.17) is 11.6 Å². The Labute approximate surface area is 175 Å². The summed E-state index contributed by atoms with van der Waals surface area (Å²) in [5, 5.41) is 3.43. The summed E-state index contributed by atoms with van der Waals surface area (Å²) in [5.74, 6) is -0.244. The van der Waals surface area contributed by atoms with Crippen molar-refractivity contribution in [3.8, 4) is 0 Å². The first-order valence-electron chi connectivity index (χ1n) is 9.23. The number of carbonyl (C=O) groups excluding carboxylic acids is 1. The maximum atomic E-state index is 13.1. The van der Waals surface area contributed by atoms with Crippen LogP contribution in [0.4, 0.5) is 11.4 Å². The van der Waals surface area contributed by atoms with Crippen LogP contribution in [0.25, 0.3) is 0 Å². The zero-order valence-corrected chi connectivity index (χ0v) is 17.1. The van der Waals surface area contributed by atoms with Gasteiger partial charge in [0.2, 0.25) is 0 Å². The van der Waals surface area contributed by atoms with Gasteiger partial charge in [-0.3, -0.25) is 9.10 Å². The van der Waals surface area contributed by atoms with Crippen molar-refractivity contribution in [2.75, 3.05) is 16.2 Å². The lowest BCUT2D eigenvalue weighted by Crippen LogP contribution is -2.35. The van der Waals surface area contributed by atoms with Gasteiger partial charge < -0.3 is 5.32 Å². The van der Waals surface area contributed by atoms with E-state index in [-0.39, 0.29) is 10.8 Å². The van der Waals surface area contributed by atoms with Crippen LogP contribution in [0.2, 0.25) is 5.02 Å². The number of rotatable bonds is 4. The molecule has 7 heteroatoms. The molecule has 0 unspecified atom stereocenters. The fourth-order valence-electron chi connectivity index (χ4n) is 3.41. The van der Waals surface area contributed by atoms with Gasteiger partial charge in [-0.05, 0) is 73.0 Å². The molecule has 1 aliphatic heterocycles. The van der Waals surface area contributed by atoms with Crippen molar-refractivity contribution < 1.29 is 13.2 Å². The van der Waals surface area contributed by atoms with Crippen molar-refractivity contribution in [1.82, 2.24) is 0 Å². The molecule has 5 nitrogen and oxygen atoms in total. The number of hydrogen-bond acceptors (Lipinski definition) is 3. The van der Waals surface area contributed by atoms with Gasteiger partial charge in [0, 0.05) is 22.8 Å². The summed E-state index contributed by atoms with van der Waals surface area (Å²) in [6.45, 7) is 0.431. The van der Waals surface area contributed by atoms with E-state index >= 15 is 0 Å². The van der Waals surface area contributed by atoms with E-state index in [2.05, 4.69) is 5.32 Å². The Bertz CT molecular complexity index is 1150. The van der Waals surface area contributed by atoms with Crippen LogP contribution < -0.4 is 9.62 Å². The molecule has 1 N–H and O–H groups in total. The standard InChI is InChI=1S/C22H19ClN2O3S/c23-18-10-8-16(9-11-18)22(26)24-19-12-13-21-17(15-19)5-4-14-25(21)29(27,28)20-6-2-1-3-7-20/h1-3,6-13,15H,4-5,14H2,(H,24,26). The van der Waals surface area contributed by atoms with E-state index in [1.54, 1.807) is 66.7 Å². The minimum absolute atomic E-state index is 0.244. The molecule has 4 rings (SSSR count). The summed E-state index contributed by atoms with van der Waals surface area (Å²) in [6.07, 6.45) is 1.47. The fourth-order valence-corrected chi connectivity index (χ4v) is 5.10. The predicted octanol–water partition coefficient (Wildman–Crippen LogP) is 4.73. The average Bonchev–Trinajstić information content (AvgIpc) is 2.74. The second-order valence-corrected chi connectivity index (χ2v) is 9.10. The third kappa shape index (κ3) is 3.99. The molecule has 0 fully saturated rings. The van der Waals surface area contributed by atoms with Crippen LogP contribution in [0.3, 0.4) is 0 Å². The first-order chi connectivity index (χ1) is 13.9. The molecule has 148 valence electrons. The summed E-state index contributed by atoms with van der Waals surface area (Å²) in [4.78, 5) is 12.7. The van der Waals surface area contributed by atoms with Gasteiger partial charge in [0.15, 0.2) is 0 Å². The van der Waals surface area contributed by atoms with Gasteiger partial charge in [-0.15, -0.1) is 0 Å². The highest BCUT2D eigenvalue weighted by atomic mass is 35.5. The first kappa shape index (κ1) is 19.5. The highest BCUT2D eigenvalue weighted by molar-refractivity contribution is 7.92. The van der Waals surface area contributed by atoms with E-state index in [0.717, 1.165) is 12.0 Å². The number of halogens is 1. The number of anilines is 2.